The van der Waals surface area contributed by atoms with Crippen LogP contribution in [0.15, 0.2) is 0 Å². The van der Waals surface area contributed by atoms with Crippen LogP contribution in [-0.4, -0.2) is 21.7 Å². The number of rotatable bonds is 2. The highest BCUT2D eigenvalue weighted by molar-refractivity contribution is 4.83. The first-order valence-corrected chi connectivity index (χ1v) is 4.77. The molecule has 1 N–H and O–H groups in total. The van der Waals surface area contributed by atoms with Crippen LogP contribution in [0.1, 0.15) is 39.5 Å². The molecular formula is C9H17NO3. The topological polar surface area (TPSA) is 63.4 Å². The number of aliphatic hydroxyl groups is 1. The first-order valence-electron chi connectivity index (χ1n) is 4.77. The van der Waals surface area contributed by atoms with Crippen molar-refractivity contribution in [3.8, 4) is 0 Å². The summed E-state index contributed by atoms with van der Waals surface area (Å²) < 4.78 is 0. The van der Waals surface area contributed by atoms with Gasteiger partial charge >= 0.3 is 0 Å². The summed E-state index contributed by atoms with van der Waals surface area (Å²) in [7, 11) is 0. The fourth-order valence-corrected chi connectivity index (χ4v) is 1.95. The third kappa shape index (κ3) is 2.18. The molecule has 1 aliphatic rings. The molecule has 0 amide bonds. The first kappa shape index (κ1) is 10.4. The predicted molar refractivity (Wildman–Crippen MR) is 49.0 cm³/mol. The van der Waals surface area contributed by atoms with Crippen LogP contribution in [0.25, 0.3) is 0 Å². The fourth-order valence-electron chi connectivity index (χ4n) is 1.95. The van der Waals surface area contributed by atoms with E-state index >= 15 is 0 Å². The van der Waals surface area contributed by atoms with Gasteiger partial charge in [-0.3, -0.25) is 10.1 Å². The first-order chi connectivity index (χ1) is 5.94. The van der Waals surface area contributed by atoms with Crippen LogP contribution >= 0.6 is 0 Å². The van der Waals surface area contributed by atoms with Crippen molar-refractivity contribution in [1.82, 2.24) is 0 Å². The minimum absolute atomic E-state index is 0.0197. The highest BCUT2D eigenvalue weighted by Crippen LogP contribution is 2.34. The van der Waals surface area contributed by atoms with Gasteiger partial charge in [0.2, 0.25) is 5.54 Å². The summed E-state index contributed by atoms with van der Waals surface area (Å²) in [5.74, 6) is 0.0197. The second-order valence-electron chi connectivity index (χ2n) is 4.43. The summed E-state index contributed by atoms with van der Waals surface area (Å²) >= 11 is 0. The largest absolute Gasteiger partial charge is 0.393 e. The normalized spacial score (nSPS) is 30.1. The number of hydrogen-bond acceptors (Lipinski definition) is 3. The van der Waals surface area contributed by atoms with E-state index in [2.05, 4.69) is 0 Å². The summed E-state index contributed by atoms with van der Waals surface area (Å²) in [5.41, 5.74) is -0.887. The van der Waals surface area contributed by atoms with Crippen molar-refractivity contribution in [3.63, 3.8) is 0 Å². The van der Waals surface area contributed by atoms with Crippen molar-refractivity contribution in [2.45, 2.75) is 51.2 Å². The molecule has 1 rings (SSSR count). The molecule has 0 aromatic heterocycles. The van der Waals surface area contributed by atoms with Gasteiger partial charge in [-0.25, -0.2) is 0 Å². The molecule has 1 fully saturated rings. The Bertz CT molecular complexity index is 203. The van der Waals surface area contributed by atoms with Gasteiger partial charge in [0.15, 0.2) is 0 Å². The molecule has 0 aliphatic heterocycles. The van der Waals surface area contributed by atoms with Crippen molar-refractivity contribution in [2.75, 3.05) is 0 Å². The molecule has 13 heavy (non-hydrogen) atoms. The second-order valence-corrected chi connectivity index (χ2v) is 4.43. The van der Waals surface area contributed by atoms with Gasteiger partial charge in [-0.2, -0.15) is 0 Å². The minimum atomic E-state index is -0.887. The molecule has 1 aliphatic carbocycles. The molecule has 0 aromatic rings. The number of hydrogen-bond donors (Lipinski definition) is 1. The molecule has 76 valence electrons. The number of nitrogens with zero attached hydrogens (tertiary/aromatic N) is 1. The molecule has 0 unspecified atom stereocenters. The standard InChI is InChI=1S/C9H17NO3/c1-9(2,10(12)13)7-4-3-5-8(11)6-7/h7-8,11H,3-6H2,1-2H3/t7-,8-/m0/s1. The van der Waals surface area contributed by atoms with Gasteiger partial charge in [-0.15, -0.1) is 0 Å². The smallest absolute Gasteiger partial charge is 0.219 e. The van der Waals surface area contributed by atoms with E-state index in [1.807, 2.05) is 0 Å². The Labute approximate surface area is 78.1 Å². The van der Waals surface area contributed by atoms with Gasteiger partial charge in [0.1, 0.15) is 0 Å². The van der Waals surface area contributed by atoms with Crippen molar-refractivity contribution in [1.29, 1.82) is 0 Å². The quantitative estimate of drug-likeness (QED) is 0.527. The van der Waals surface area contributed by atoms with E-state index < -0.39 is 5.54 Å². The Balaban J connectivity index is 2.64. The fraction of sp³-hybridized carbons (Fsp3) is 1.00. The van der Waals surface area contributed by atoms with E-state index in [0.717, 1.165) is 19.3 Å². The molecule has 0 aromatic carbocycles. The highest BCUT2D eigenvalue weighted by Gasteiger charge is 2.42. The maximum Gasteiger partial charge on any atom is 0.219 e. The zero-order valence-electron chi connectivity index (χ0n) is 8.19. The van der Waals surface area contributed by atoms with Crippen molar-refractivity contribution >= 4 is 0 Å². The molecule has 0 spiro atoms. The number of nitro groups is 1. The predicted octanol–water partition coefficient (Wildman–Crippen LogP) is 1.59. The average Bonchev–Trinajstić information content (AvgIpc) is 2.04. The van der Waals surface area contributed by atoms with Crippen molar-refractivity contribution in [3.05, 3.63) is 10.1 Å². The molecule has 0 radical (unpaired) electrons. The number of aliphatic hydroxyl groups excluding tert-OH is 1. The molecule has 4 heteroatoms. The van der Waals surface area contributed by atoms with E-state index in [9.17, 15) is 15.2 Å². The summed E-state index contributed by atoms with van der Waals surface area (Å²) in [6, 6.07) is 0. The SMILES string of the molecule is CC(C)([C@H]1CCC[C@H](O)C1)[N+](=O)[O-]. The lowest BCUT2D eigenvalue weighted by Crippen LogP contribution is -2.42. The molecular weight excluding hydrogens is 170 g/mol. The Hall–Kier alpha value is -0.640. The highest BCUT2D eigenvalue weighted by atomic mass is 16.6. The summed E-state index contributed by atoms with van der Waals surface area (Å²) in [6.45, 7) is 3.30. The van der Waals surface area contributed by atoms with Crippen LogP contribution in [-0.2, 0) is 0 Å². The van der Waals surface area contributed by atoms with Gasteiger partial charge < -0.3 is 5.11 Å². The molecule has 0 bridgehead atoms. The van der Waals surface area contributed by atoms with Gasteiger partial charge in [-0.05, 0) is 19.3 Å². The lowest BCUT2D eigenvalue weighted by molar-refractivity contribution is -0.572. The molecule has 2 atom stereocenters. The molecule has 0 saturated heterocycles. The van der Waals surface area contributed by atoms with Gasteiger partial charge in [0, 0.05) is 24.7 Å². The van der Waals surface area contributed by atoms with Crippen molar-refractivity contribution < 1.29 is 10.0 Å². The van der Waals surface area contributed by atoms with Crippen LogP contribution in [0.3, 0.4) is 0 Å². The van der Waals surface area contributed by atoms with Crippen LogP contribution in [0.2, 0.25) is 0 Å². The summed E-state index contributed by atoms with van der Waals surface area (Å²) in [6.07, 6.45) is 2.81. The Morgan fingerprint density at radius 3 is 2.54 bits per heavy atom. The van der Waals surface area contributed by atoms with E-state index in [1.165, 1.54) is 0 Å². The van der Waals surface area contributed by atoms with Crippen LogP contribution in [0.5, 0.6) is 0 Å². The summed E-state index contributed by atoms with van der Waals surface area (Å²) in [5, 5.41) is 20.2. The zero-order chi connectivity index (χ0) is 10.1. The van der Waals surface area contributed by atoms with E-state index in [0.29, 0.717) is 6.42 Å². The molecule has 4 nitrogen and oxygen atoms in total. The van der Waals surface area contributed by atoms with Gasteiger partial charge in [-0.1, -0.05) is 6.42 Å². The van der Waals surface area contributed by atoms with Crippen LogP contribution in [0.4, 0.5) is 0 Å². The monoisotopic (exact) mass is 187 g/mol. The van der Waals surface area contributed by atoms with Gasteiger partial charge in [0.05, 0.1) is 6.10 Å². The zero-order valence-corrected chi connectivity index (χ0v) is 8.19. The Kier molecular flexibility index (Phi) is 2.91. The Morgan fingerprint density at radius 2 is 2.08 bits per heavy atom. The minimum Gasteiger partial charge on any atom is -0.393 e. The average molecular weight is 187 g/mol. The maximum atomic E-state index is 10.8. The lowest BCUT2D eigenvalue weighted by Gasteiger charge is -2.32. The summed E-state index contributed by atoms with van der Waals surface area (Å²) in [4.78, 5) is 10.5. The second kappa shape index (κ2) is 3.62. The van der Waals surface area contributed by atoms with Crippen LogP contribution < -0.4 is 0 Å². The van der Waals surface area contributed by atoms with E-state index in [4.69, 9.17) is 0 Å². The van der Waals surface area contributed by atoms with E-state index in [1.54, 1.807) is 13.8 Å². The van der Waals surface area contributed by atoms with Gasteiger partial charge in [0.25, 0.3) is 0 Å². The molecule has 1 saturated carbocycles. The Morgan fingerprint density at radius 1 is 1.46 bits per heavy atom. The van der Waals surface area contributed by atoms with Crippen LogP contribution in [0, 0.1) is 16.0 Å². The lowest BCUT2D eigenvalue weighted by atomic mass is 9.76. The third-order valence-electron chi connectivity index (χ3n) is 3.12. The third-order valence-corrected chi connectivity index (χ3v) is 3.12. The maximum absolute atomic E-state index is 10.8. The van der Waals surface area contributed by atoms with E-state index in [-0.39, 0.29) is 16.9 Å². The van der Waals surface area contributed by atoms with Crippen molar-refractivity contribution in [2.24, 2.45) is 5.92 Å². The molecule has 0 heterocycles.